The summed E-state index contributed by atoms with van der Waals surface area (Å²) in [5.41, 5.74) is 1.36. The molecule has 1 fully saturated rings. The Kier molecular flexibility index (Phi) is 6.09. The number of nitrogens with one attached hydrogen (secondary N) is 1. The molecule has 130 valence electrons. The maximum Gasteiger partial charge on any atom is 0.255 e. The normalized spacial score (nSPS) is 13.7. The number of nitrogens with zero attached hydrogens (tertiary/aromatic N) is 2. The van der Waals surface area contributed by atoms with Crippen LogP contribution < -0.4 is 5.32 Å². The number of thioether (sulfide) groups is 1. The van der Waals surface area contributed by atoms with Crippen molar-refractivity contribution in [1.29, 1.82) is 0 Å². The molecular formula is C18H18BrN3O2S. The lowest BCUT2D eigenvalue weighted by atomic mass is 10.2. The highest BCUT2D eigenvalue weighted by Gasteiger charge is 2.19. The number of likely N-dealkylation sites (tertiary alicyclic amines) is 1. The van der Waals surface area contributed by atoms with Gasteiger partial charge in [0.05, 0.1) is 16.3 Å². The molecule has 1 aliphatic heterocycles. The van der Waals surface area contributed by atoms with Crippen LogP contribution in [0.1, 0.15) is 23.2 Å². The Hall–Kier alpha value is -1.86. The molecule has 0 atom stereocenters. The van der Waals surface area contributed by atoms with Crippen molar-refractivity contribution in [2.24, 2.45) is 0 Å². The number of benzene rings is 1. The zero-order valence-electron chi connectivity index (χ0n) is 13.6. The van der Waals surface area contributed by atoms with Crippen molar-refractivity contribution < 1.29 is 9.59 Å². The highest BCUT2D eigenvalue weighted by Crippen LogP contribution is 2.19. The molecule has 0 aliphatic carbocycles. The summed E-state index contributed by atoms with van der Waals surface area (Å²) < 4.78 is 0.965. The predicted octanol–water partition coefficient (Wildman–Crippen LogP) is 3.81. The third-order valence-corrected chi connectivity index (χ3v) is 5.33. The van der Waals surface area contributed by atoms with E-state index in [1.54, 1.807) is 18.3 Å². The van der Waals surface area contributed by atoms with E-state index in [4.69, 9.17) is 0 Å². The summed E-state index contributed by atoms with van der Waals surface area (Å²) in [6, 6.07) is 11.0. The van der Waals surface area contributed by atoms with E-state index in [0.29, 0.717) is 5.56 Å². The van der Waals surface area contributed by atoms with Crippen molar-refractivity contribution in [1.82, 2.24) is 9.88 Å². The maximum absolute atomic E-state index is 12.3. The molecule has 1 aliphatic rings. The van der Waals surface area contributed by atoms with Crippen LogP contribution in [0.5, 0.6) is 0 Å². The summed E-state index contributed by atoms with van der Waals surface area (Å²) >= 11 is 4.70. The van der Waals surface area contributed by atoms with Crippen molar-refractivity contribution in [3.63, 3.8) is 0 Å². The van der Waals surface area contributed by atoms with Crippen LogP contribution in [0, 0.1) is 0 Å². The van der Waals surface area contributed by atoms with Gasteiger partial charge in [0, 0.05) is 29.4 Å². The molecular weight excluding hydrogens is 402 g/mol. The van der Waals surface area contributed by atoms with Gasteiger partial charge in [0.2, 0.25) is 5.91 Å². The second-order valence-corrected chi connectivity index (χ2v) is 7.64. The molecule has 1 saturated heterocycles. The Labute approximate surface area is 159 Å². The van der Waals surface area contributed by atoms with Gasteiger partial charge in [0.15, 0.2) is 0 Å². The Morgan fingerprint density at radius 3 is 2.48 bits per heavy atom. The topological polar surface area (TPSA) is 62.3 Å². The average Bonchev–Trinajstić information content (AvgIpc) is 3.16. The number of carbonyl (C=O) groups excluding carboxylic acids is 2. The minimum Gasteiger partial charge on any atom is -0.339 e. The van der Waals surface area contributed by atoms with Crippen LogP contribution >= 0.6 is 27.7 Å². The minimum atomic E-state index is -0.0913. The Morgan fingerprint density at radius 2 is 1.84 bits per heavy atom. The van der Waals surface area contributed by atoms with E-state index in [9.17, 15) is 9.59 Å². The zero-order valence-corrected chi connectivity index (χ0v) is 16.0. The number of rotatable bonds is 5. The predicted molar refractivity (Wildman–Crippen MR) is 103 cm³/mol. The fourth-order valence-corrected chi connectivity index (χ4v) is 3.47. The molecule has 5 nitrogen and oxygen atoms in total. The number of hydrogen-bond donors (Lipinski definition) is 1. The van der Waals surface area contributed by atoms with Gasteiger partial charge in [-0.15, -0.1) is 0 Å². The number of amides is 2. The van der Waals surface area contributed by atoms with Crippen LogP contribution in [0.2, 0.25) is 0 Å². The minimum absolute atomic E-state index is 0.0366. The SMILES string of the molecule is O=C(CSc1ccc(C(=O)N2CCCC2)cn1)Nc1ccc(Br)cc1. The summed E-state index contributed by atoms with van der Waals surface area (Å²) in [5, 5.41) is 3.56. The van der Waals surface area contributed by atoms with Crippen LogP contribution in [0.4, 0.5) is 5.69 Å². The molecule has 0 bridgehead atoms. The molecule has 25 heavy (non-hydrogen) atoms. The van der Waals surface area contributed by atoms with Crippen molar-refractivity contribution in [2.75, 3.05) is 24.2 Å². The van der Waals surface area contributed by atoms with E-state index < -0.39 is 0 Å². The third-order valence-electron chi connectivity index (χ3n) is 3.86. The summed E-state index contributed by atoms with van der Waals surface area (Å²) in [6.07, 6.45) is 3.73. The highest BCUT2D eigenvalue weighted by atomic mass is 79.9. The monoisotopic (exact) mass is 419 g/mol. The molecule has 7 heteroatoms. The maximum atomic E-state index is 12.3. The Morgan fingerprint density at radius 1 is 1.12 bits per heavy atom. The molecule has 0 unspecified atom stereocenters. The van der Waals surface area contributed by atoms with Crippen molar-refractivity contribution in [2.45, 2.75) is 17.9 Å². The molecule has 0 radical (unpaired) electrons. The van der Waals surface area contributed by atoms with Crippen molar-refractivity contribution in [3.8, 4) is 0 Å². The van der Waals surface area contributed by atoms with Gasteiger partial charge in [-0.1, -0.05) is 27.7 Å². The lowest BCUT2D eigenvalue weighted by Gasteiger charge is -2.14. The van der Waals surface area contributed by atoms with E-state index in [-0.39, 0.29) is 17.6 Å². The van der Waals surface area contributed by atoms with Gasteiger partial charge in [-0.25, -0.2) is 4.98 Å². The number of anilines is 1. The molecule has 2 heterocycles. The largest absolute Gasteiger partial charge is 0.339 e. The van der Waals surface area contributed by atoms with Crippen LogP contribution in [0.3, 0.4) is 0 Å². The van der Waals surface area contributed by atoms with E-state index in [1.807, 2.05) is 29.2 Å². The van der Waals surface area contributed by atoms with Crippen molar-refractivity contribution >= 4 is 45.2 Å². The summed E-state index contributed by atoms with van der Waals surface area (Å²) in [7, 11) is 0. The number of hydrogen-bond acceptors (Lipinski definition) is 4. The first-order valence-corrected chi connectivity index (χ1v) is 9.83. The molecule has 2 aromatic rings. The highest BCUT2D eigenvalue weighted by molar-refractivity contribution is 9.10. The first-order chi connectivity index (χ1) is 12.1. The molecule has 0 saturated carbocycles. The van der Waals surface area contributed by atoms with Crippen LogP contribution in [0.15, 0.2) is 52.1 Å². The summed E-state index contributed by atoms with van der Waals surface area (Å²) in [4.78, 5) is 30.4. The van der Waals surface area contributed by atoms with Gasteiger partial charge in [0.25, 0.3) is 5.91 Å². The van der Waals surface area contributed by atoms with E-state index >= 15 is 0 Å². The summed E-state index contributed by atoms with van der Waals surface area (Å²) in [5.74, 6) is 0.212. The number of aromatic nitrogens is 1. The van der Waals surface area contributed by atoms with Crippen LogP contribution in [-0.4, -0.2) is 40.5 Å². The van der Waals surface area contributed by atoms with E-state index in [0.717, 1.165) is 41.1 Å². The van der Waals surface area contributed by atoms with Gasteiger partial charge in [-0.2, -0.15) is 0 Å². The van der Waals surface area contributed by atoms with Gasteiger partial charge < -0.3 is 10.2 Å². The van der Waals surface area contributed by atoms with Gasteiger partial charge in [-0.05, 0) is 49.2 Å². The first kappa shape index (κ1) is 17.9. The molecule has 2 amide bonds. The molecule has 1 aromatic heterocycles. The lowest BCUT2D eigenvalue weighted by Crippen LogP contribution is -2.27. The quantitative estimate of drug-likeness (QED) is 0.748. The number of pyridine rings is 1. The average molecular weight is 420 g/mol. The standard InChI is InChI=1S/C18H18BrN3O2S/c19-14-4-6-15(7-5-14)21-16(23)12-25-17-8-3-13(11-20-17)18(24)22-9-1-2-10-22/h3-8,11H,1-2,9-10,12H2,(H,21,23). The smallest absolute Gasteiger partial charge is 0.255 e. The van der Waals surface area contributed by atoms with Gasteiger partial charge in [0.1, 0.15) is 0 Å². The fraction of sp³-hybridized carbons (Fsp3) is 0.278. The lowest BCUT2D eigenvalue weighted by molar-refractivity contribution is -0.113. The van der Waals surface area contributed by atoms with E-state index in [1.165, 1.54) is 11.8 Å². The molecule has 0 spiro atoms. The zero-order chi connectivity index (χ0) is 17.6. The number of carbonyl (C=O) groups is 2. The van der Waals surface area contributed by atoms with Crippen LogP contribution in [0.25, 0.3) is 0 Å². The Bertz CT molecular complexity index is 744. The molecule has 1 aromatic carbocycles. The van der Waals surface area contributed by atoms with Gasteiger partial charge >= 0.3 is 0 Å². The van der Waals surface area contributed by atoms with Crippen molar-refractivity contribution in [3.05, 3.63) is 52.6 Å². The number of halogens is 1. The second-order valence-electron chi connectivity index (χ2n) is 5.73. The fourth-order valence-electron chi connectivity index (χ4n) is 2.56. The van der Waals surface area contributed by atoms with Crippen LogP contribution in [-0.2, 0) is 4.79 Å². The Balaban J connectivity index is 1.50. The third kappa shape index (κ3) is 5.06. The molecule has 1 N–H and O–H groups in total. The summed E-state index contributed by atoms with van der Waals surface area (Å²) in [6.45, 7) is 1.65. The first-order valence-electron chi connectivity index (χ1n) is 8.05. The molecule has 3 rings (SSSR count). The van der Waals surface area contributed by atoms with Gasteiger partial charge in [-0.3, -0.25) is 9.59 Å². The van der Waals surface area contributed by atoms with E-state index in [2.05, 4.69) is 26.2 Å². The second kappa shape index (κ2) is 8.49.